The molecule has 7 heteroatoms. The number of carboxylic acid groups (broad SMARTS) is 1. The zero-order chi connectivity index (χ0) is 14.7. The van der Waals surface area contributed by atoms with E-state index >= 15 is 0 Å². The molecule has 5 nitrogen and oxygen atoms in total. The van der Waals surface area contributed by atoms with Gasteiger partial charge in [0.2, 0.25) is 0 Å². The van der Waals surface area contributed by atoms with E-state index in [9.17, 15) is 9.18 Å². The van der Waals surface area contributed by atoms with Gasteiger partial charge in [-0.2, -0.15) is 0 Å². The van der Waals surface area contributed by atoms with Gasteiger partial charge in [0.15, 0.2) is 11.6 Å². The van der Waals surface area contributed by atoms with Crippen molar-refractivity contribution in [1.29, 1.82) is 0 Å². The maximum absolute atomic E-state index is 13.3. The second kappa shape index (κ2) is 5.75. The predicted octanol–water partition coefficient (Wildman–Crippen LogP) is 3.32. The Hall–Kier alpha value is -2.34. The third-order valence-corrected chi connectivity index (χ3v) is 2.72. The second-order valence-corrected chi connectivity index (χ2v) is 4.20. The van der Waals surface area contributed by atoms with Gasteiger partial charge >= 0.3 is 5.97 Å². The van der Waals surface area contributed by atoms with Crippen molar-refractivity contribution in [2.45, 2.75) is 0 Å². The number of aromatic nitrogens is 1. The molecule has 0 saturated carbocycles. The van der Waals surface area contributed by atoms with Gasteiger partial charge in [-0.3, -0.25) is 0 Å². The number of carboxylic acids is 1. The minimum atomic E-state index is -1.15. The molecule has 1 aromatic carbocycles. The van der Waals surface area contributed by atoms with E-state index in [2.05, 4.69) is 10.3 Å². The SMILES string of the molecule is COc1cc(Nc2nc(Cl)ccc2C(=O)O)ccc1F. The fourth-order valence-electron chi connectivity index (χ4n) is 1.58. The number of carbonyl (C=O) groups is 1. The summed E-state index contributed by atoms with van der Waals surface area (Å²) in [6.07, 6.45) is 0. The van der Waals surface area contributed by atoms with E-state index in [4.69, 9.17) is 21.4 Å². The first-order valence-corrected chi connectivity index (χ1v) is 5.89. The number of methoxy groups -OCH3 is 1. The molecule has 2 rings (SSSR count). The number of rotatable bonds is 4. The number of anilines is 2. The first-order valence-electron chi connectivity index (χ1n) is 5.51. The van der Waals surface area contributed by atoms with Crippen molar-refractivity contribution in [2.24, 2.45) is 0 Å². The Morgan fingerprint density at radius 3 is 2.80 bits per heavy atom. The van der Waals surface area contributed by atoms with E-state index in [0.717, 1.165) is 0 Å². The van der Waals surface area contributed by atoms with E-state index in [-0.39, 0.29) is 22.3 Å². The topological polar surface area (TPSA) is 71.5 Å². The lowest BCUT2D eigenvalue weighted by Gasteiger charge is -2.10. The number of hydrogen-bond acceptors (Lipinski definition) is 4. The fraction of sp³-hybridized carbons (Fsp3) is 0.0769. The van der Waals surface area contributed by atoms with Gasteiger partial charge in [0.25, 0.3) is 0 Å². The highest BCUT2D eigenvalue weighted by atomic mass is 35.5. The molecule has 0 spiro atoms. The Balaban J connectivity index is 2.39. The number of ether oxygens (including phenoxy) is 1. The molecule has 1 heterocycles. The van der Waals surface area contributed by atoms with Crippen LogP contribution in [0.25, 0.3) is 0 Å². The number of nitrogens with one attached hydrogen (secondary N) is 1. The molecule has 20 heavy (non-hydrogen) atoms. The number of nitrogens with zero attached hydrogens (tertiary/aromatic N) is 1. The zero-order valence-corrected chi connectivity index (χ0v) is 11.1. The maximum atomic E-state index is 13.3. The van der Waals surface area contributed by atoms with E-state index in [1.807, 2.05) is 0 Å². The monoisotopic (exact) mass is 296 g/mol. The lowest BCUT2D eigenvalue weighted by molar-refractivity contribution is 0.0697. The van der Waals surface area contributed by atoms with Crippen LogP contribution in [0.3, 0.4) is 0 Å². The number of aromatic carboxylic acids is 1. The van der Waals surface area contributed by atoms with Gasteiger partial charge < -0.3 is 15.2 Å². The number of hydrogen-bond donors (Lipinski definition) is 2. The summed E-state index contributed by atoms with van der Waals surface area (Å²) < 4.78 is 18.1. The number of benzene rings is 1. The molecular weight excluding hydrogens is 287 g/mol. The molecule has 0 radical (unpaired) electrons. The molecule has 0 saturated heterocycles. The first kappa shape index (κ1) is 14.1. The number of pyridine rings is 1. The summed E-state index contributed by atoms with van der Waals surface area (Å²) in [6, 6.07) is 6.74. The lowest BCUT2D eigenvalue weighted by atomic mass is 10.2. The largest absolute Gasteiger partial charge is 0.494 e. The fourth-order valence-corrected chi connectivity index (χ4v) is 1.72. The second-order valence-electron chi connectivity index (χ2n) is 3.81. The highest BCUT2D eigenvalue weighted by Gasteiger charge is 2.13. The average Bonchev–Trinajstić information content (AvgIpc) is 2.40. The molecule has 2 N–H and O–H groups in total. The van der Waals surface area contributed by atoms with Gasteiger partial charge in [0, 0.05) is 11.8 Å². The van der Waals surface area contributed by atoms with Gasteiger partial charge in [0.1, 0.15) is 16.5 Å². The summed E-state index contributed by atoms with van der Waals surface area (Å²) in [4.78, 5) is 15.0. The molecule has 0 aliphatic heterocycles. The highest BCUT2D eigenvalue weighted by Crippen LogP contribution is 2.26. The Morgan fingerprint density at radius 1 is 1.40 bits per heavy atom. The molecule has 0 atom stereocenters. The van der Waals surface area contributed by atoms with E-state index in [0.29, 0.717) is 5.69 Å². The summed E-state index contributed by atoms with van der Waals surface area (Å²) in [5.41, 5.74) is 0.387. The Morgan fingerprint density at radius 2 is 2.15 bits per heavy atom. The van der Waals surface area contributed by atoms with Gasteiger partial charge in [-0.1, -0.05) is 11.6 Å². The van der Waals surface area contributed by atoms with Gasteiger partial charge in [-0.15, -0.1) is 0 Å². The third kappa shape index (κ3) is 2.97. The minimum Gasteiger partial charge on any atom is -0.494 e. The normalized spacial score (nSPS) is 10.2. The van der Waals surface area contributed by atoms with Gasteiger partial charge in [-0.05, 0) is 24.3 Å². The minimum absolute atomic E-state index is 0.0360. The van der Waals surface area contributed by atoms with Crippen molar-refractivity contribution >= 4 is 29.1 Å². The lowest BCUT2D eigenvalue weighted by Crippen LogP contribution is -2.05. The molecule has 104 valence electrons. The summed E-state index contributed by atoms with van der Waals surface area (Å²) in [6.45, 7) is 0. The van der Waals surface area contributed by atoms with Crippen LogP contribution in [0.4, 0.5) is 15.9 Å². The van der Waals surface area contributed by atoms with Crippen LogP contribution in [-0.4, -0.2) is 23.2 Å². The molecule has 0 aliphatic carbocycles. The first-order chi connectivity index (χ1) is 9.51. The van der Waals surface area contributed by atoms with Crippen LogP contribution in [0.15, 0.2) is 30.3 Å². The third-order valence-electron chi connectivity index (χ3n) is 2.51. The van der Waals surface area contributed by atoms with Crippen molar-refractivity contribution in [3.05, 3.63) is 46.9 Å². The van der Waals surface area contributed by atoms with Crippen LogP contribution in [0.1, 0.15) is 10.4 Å². The Bertz CT molecular complexity index is 664. The molecule has 0 aliphatic rings. The van der Waals surface area contributed by atoms with E-state index in [1.165, 1.54) is 37.4 Å². The van der Waals surface area contributed by atoms with Crippen molar-refractivity contribution in [2.75, 3.05) is 12.4 Å². The average molecular weight is 297 g/mol. The zero-order valence-electron chi connectivity index (χ0n) is 10.4. The Kier molecular flexibility index (Phi) is 4.05. The standard InChI is InChI=1S/C13H10ClFN2O3/c1-20-10-6-7(2-4-9(10)15)16-12-8(13(18)19)3-5-11(14)17-12/h2-6H,1H3,(H,16,17)(H,18,19). The van der Waals surface area contributed by atoms with Crippen LogP contribution < -0.4 is 10.1 Å². The summed E-state index contributed by atoms with van der Waals surface area (Å²) >= 11 is 5.74. The van der Waals surface area contributed by atoms with Crippen LogP contribution in [0.5, 0.6) is 5.75 Å². The molecule has 0 fully saturated rings. The van der Waals surface area contributed by atoms with Crippen molar-refractivity contribution in [3.63, 3.8) is 0 Å². The molecule has 0 unspecified atom stereocenters. The maximum Gasteiger partial charge on any atom is 0.339 e. The smallest absolute Gasteiger partial charge is 0.339 e. The predicted molar refractivity (Wildman–Crippen MR) is 72.4 cm³/mol. The van der Waals surface area contributed by atoms with Crippen molar-refractivity contribution in [1.82, 2.24) is 4.98 Å². The Labute approximate surface area is 119 Å². The number of halogens is 2. The van der Waals surface area contributed by atoms with Crippen LogP contribution in [0.2, 0.25) is 5.15 Å². The van der Waals surface area contributed by atoms with E-state index in [1.54, 1.807) is 0 Å². The van der Waals surface area contributed by atoms with Gasteiger partial charge in [0.05, 0.1) is 7.11 Å². The van der Waals surface area contributed by atoms with Crippen molar-refractivity contribution < 1.29 is 19.0 Å². The van der Waals surface area contributed by atoms with Gasteiger partial charge in [-0.25, -0.2) is 14.2 Å². The van der Waals surface area contributed by atoms with Crippen LogP contribution in [0, 0.1) is 5.82 Å². The summed E-state index contributed by atoms with van der Waals surface area (Å²) in [5, 5.41) is 12.0. The molecule has 2 aromatic rings. The highest BCUT2D eigenvalue weighted by molar-refractivity contribution is 6.29. The summed E-state index contributed by atoms with van der Waals surface area (Å²) in [5.74, 6) is -1.56. The summed E-state index contributed by atoms with van der Waals surface area (Å²) in [7, 11) is 1.34. The molecule has 0 amide bonds. The van der Waals surface area contributed by atoms with Crippen LogP contribution >= 0.6 is 11.6 Å². The molecular formula is C13H10ClFN2O3. The molecule has 0 bridgehead atoms. The molecule has 1 aromatic heterocycles. The van der Waals surface area contributed by atoms with Crippen LogP contribution in [-0.2, 0) is 0 Å². The van der Waals surface area contributed by atoms with Crippen molar-refractivity contribution in [3.8, 4) is 5.75 Å². The quantitative estimate of drug-likeness (QED) is 0.847. The van der Waals surface area contributed by atoms with E-state index < -0.39 is 11.8 Å².